The van der Waals surface area contributed by atoms with E-state index in [1.807, 2.05) is 25.1 Å². The highest BCUT2D eigenvalue weighted by Crippen LogP contribution is 2.26. The number of piperazine rings is 1. The van der Waals surface area contributed by atoms with Crippen molar-refractivity contribution in [2.75, 3.05) is 19.6 Å². The zero-order valence-electron chi connectivity index (χ0n) is 14.2. The molecule has 5 heteroatoms. The van der Waals surface area contributed by atoms with Crippen molar-refractivity contribution < 1.29 is 9.52 Å². The average molecular weight is 328 g/mol. The molecule has 0 spiro atoms. The molecule has 3 atom stereocenters. The van der Waals surface area contributed by atoms with Crippen LogP contribution in [-0.4, -0.2) is 52.7 Å². The average Bonchev–Trinajstić information content (AvgIpc) is 2.89. The number of aryl methyl sites for hydroxylation is 1. The number of hydrogen-bond acceptors (Lipinski definition) is 5. The van der Waals surface area contributed by atoms with Gasteiger partial charge in [0.05, 0.1) is 17.8 Å². The van der Waals surface area contributed by atoms with Gasteiger partial charge >= 0.3 is 0 Å². The van der Waals surface area contributed by atoms with Crippen molar-refractivity contribution in [3.8, 4) is 0 Å². The lowest BCUT2D eigenvalue weighted by Gasteiger charge is -2.42. The highest BCUT2D eigenvalue weighted by molar-refractivity contribution is 5.77. The summed E-state index contributed by atoms with van der Waals surface area (Å²) >= 11 is 0. The smallest absolute Gasteiger partial charge is 0.197 e. The monoisotopic (exact) mass is 328 g/mol. The van der Waals surface area contributed by atoms with E-state index in [1.54, 1.807) is 6.26 Å². The molecule has 4 rings (SSSR count). The number of aliphatic hydroxyl groups excluding tert-OH is 1. The van der Waals surface area contributed by atoms with E-state index in [9.17, 15) is 9.90 Å². The summed E-state index contributed by atoms with van der Waals surface area (Å²) < 4.78 is 5.68. The SMILES string of the molecule is Cc1ccc2occ(CN3C[C@H]4C[C@@H](O)CN4C[C@H]3C)c(=O)c2c1. The molecule has 2 aromatic rings. The van der Waals surface area contributed by atoms with E-state index in [2.05, 4.69) is 16.7 Å². The van der Waals surface area contributed by atoms with Gasteiger partial charge in [-0.1, -0.05) is 11.6 Å². The van der Waals surface area contributed by atoms with Crippen LogP contribution in [0.3, 0.4) is 0 Å². The Balaban J connectivity index is 1.60. The van der Waals surface area contributed by atoms with Crippen LogP contribution in [0.25, 0.3) is 11.0 Å². The molecule has 0 unspecified atom stereocenters. The second-order valence-corrected chi connectivity index (χ2v) is 7.37. The molecule has 2 saturated heterocycles. The van der Waals surface area contributed by atoms with E-state index in [-0.39, 0.29) is 11.5 Å². The fraction of sp³-hybridized carbons (Fsp3) is 0.526. The highest BCUT2D eigenvalue weighted by atomic mass is 16.3. The number of benzene rings is 1. The summed E-state index contributed by atoms with van der Waals surface area (Å²) in [7, 11) is 0. The Hall–Kier alpha value is -1.69. The van der Waals surface area contributed by atoms with Crippen molar-refractivity contribution in [1.29, 1.82) is 0 Å². The van der Waals surface area contributed by atoms with Crippen molar-refractivity contribution in [2.24, 2.45) is 0 Å². The standard InChI is InChI=1S/C19H24N2O3/c1-12-3-4-18-17(5-12)19(23)14(11-24-18)8-20-9-15-6-16(22)10-21(15)7-13(20)2/h3-5,11,13,15-16,22H,6-10H2,1-2H3/t13-,15-,16-/m1/s1. The van der Waals surface area contributed by atoms with Crippen molar-refractivity contribution in [3.05, 3.63) is 45.8 Å². The molecule has 0 bridgehead atoms. The number of fused-ring (bicyclic) bond motifs is 2. The van der Waals surface area contributed by atoms with Crippen molar-refractivity contribution in [3.63, 3.8) is 0 Å². The van der Waals surface area contributed by atoms with Gasteiger partial charge in [0.1, 0.15) is 5.58 Å². The van der Waals surface area contributed by atoms with Crippen LogP contribution >= 0.6 is 0 Å². The molecule has 1 aromatic heterocycles. The molecular weight excluding hydrogens is 304 g/mol. The van der Waals surface area contributed by atoms with E-state index in [0.717, 1.165) is 31.6 Å². The number of aliphatic hydroxyl groups is 1. The zero-order chi connectivity index (χ0) is 16.8. The predicted octanol–water partition coefficient (Wildman–Crippen LogP) is 1.74. The van der Waals surface area contributed by atoms with E-state index >= 15 is 0 Å². The lowest BCUT2D eigenvalue weighted by molar-refractivity contribution is 0.0523. The largest absolute Gasteiger partial charge is 0.464 e. The molecule has 2 aliphatic rings. The van der Waals surface area contributed by atoms with Crippen LogP contribution < -0.4 is 5.43 Å². The third-order valence-electron chi connectivity index (χ3n) is 5.45. The van der Waals surface area contributed by atoms with Crippen LogP contribution in [0, 0.1) is 6.92 Å². The molecule has 2 aliphatic heterocycles. The minimum atomic E-state index is -0.212. The molecule has 0 radical (unpaired) electrons. The predicted molar refractivity (Wildman–Crippen MR) is 93.1 cm³/mol. The third kappa shape index (κ3) is 2.77. The molecule has 0 aliphatic carbocycles. The van der Waals surface area contributed by atoms with E-state index in [1.165, 1.54) is 0 Å². The maximum Gasteiger partial charge on any atom is 0.197 e. The molecule has 3 heterocycles. The van der Waals surface area contributed by atoms with Crippen molar-refractivity contribution in [1.82, 2.24) is 9.80 Å². The fourth-order valence-electron chi connectivity index (χ4n) is 4.11. The first kappa shape index (κ1) is 15.8. The molecule has 0 amide bonds. The minimum Gasteiger partial charge on any atom is -0.464 e. The fourth-order valence-corrected chi connectivity index (χ4v) is 4.11. The molecule has 24 heavy (non-hydrogen) atoms. The van der Waals surface area contributed by atoms with Crippen LogP contribution in [0.1, 0.15) is 24.5 Å². The number of rotatable bonds is 2. The summed E-state index contributed by atoms with van der Waals surface area (Å²) in [6.07, 6.45) is 2.23. The van der Waals surface area contributed by atoms with Crippen molar-refractivity contribution in [2.45, 2.75) is 45.0 Å². The van der Waals surface area contributed by atoms with Crippen LogP contribution in [0.2, 0.25) is 0 Å². The Kier molecular flexibility index (Phi) is 3.95. The molecule has 2 fully saturated rings. The zero-order valence-corrected chi connectivity index (χ0v) is 14.2. The topological polar surface area (TPSA) is 56.9 Å². The number of nitrogens with zero attached hydrogens (tertiary/aromatic N) is 2. The second kappa shape index (κ2) is 5.99. The lowest BCUT2D eigenvalue weighted by Crippen LogP contribution is -2.54. The Labute approximate surface area is 141 Å². The second-order valence-electron chi connectivity index (χ2n) is 7.37. The summed E-state index contributed by atoms with van der Waals surface area (Å²) in [5, 5.41) is 10.5. The van der Waals surface area contributed by atoms with Gasteiger partial charge in [0.15, 0.2) is 5.43 Å². The van der Waals surface area contributed by atoms with Crippen molar-refractivity contribution >= 4 is 11.0 Å². The van der Waals surface area contributed by atoms with Gasteiger partial charge in [0.25, 0.3) is 0 Å². The third-order valence-corrected chi connectivity index (χ3v) is 5.45. The molecule has 5 nitrogen and oxygen atoms in total. The summed E-state index contributed by atoms with van der Waals surface area (Å²) in [6, 6.07) is 6.47. The van der Waals surface area contributed by atoms with Gasteiger partial charge in [0.2, 0.25) is 0 Å². The van der Waals surface area contributed by atoms with Crippen LogP contribution in [0.4, 0.5) is 0 Å². The van der Waals surface area contributed by atoms with Gasteiger partial charge in [-0.05, 0) is 32.4 Å². The van der Waals surface area contributed by atoms with Gasteiger partial charge in [-0.25, -0.2) is 0 Å². The Morgan fingerprint density at radius 2 is 2.12 bits per heavy atom. The quantitative estimate of drug-likeness (QED) is 0.910. The summed E-state index contributed by atoms with van der Waals surface area (Å²) in [5.41, 5.74) is 2.49. The Morgan fingerprint density at radius 3 is 2.96 bits per heavy atom. The molecule has 1 aromatic carbocycles. The first-order chi connectivity index (χ1) is 11.5. The number of hydrogen-bond donors (Lipinski definition) is 1. The molecule has 128 valence electrons. The Bertz CT molecular complexity index is 816. The minimum absolute atomic E-state index is 0.0704. The van der Waals surface area contributed by atoms with Gasteiger partial charge in [0, 0.05) is 43.8 Å². The van der Waals surface area contributed by atoms with Crippen LogP contribution in [0.15, 0.2) is 33.7 Å². The van der Waals surface area contributed by atoms with Gasteiger partial charge in [-0.2, -0.15) is 0 Å². The highest BCUT2D eigenvalue weighted by Gasteiger charge is 2.38. The first-order valence-electron chi connectivity index (χ1n) is 8.68. The molecule has 1 N–H and O–H groups in total. The molecule has 0 saturated carbocycles. The van der Waals surface area contributed by atoms with E-state index in [0.29, 0.717) is 35.2 Å². The van der Waals surface area contributed by atoms with Gasteiger partial charge in [-0.15, -0.1) is 0 Å². The molecular formula is C19H24N2O3. The maximum atomic E-state index is 12.8. The summed E-state index contributed by atoms with van der Waals surface area (Å²) in [6.45, 7) is 7.39. The van der Waals surface area contributed by atoms with E-state index < -0.39 is 0 Å². The van der Waals surface area contributed by atoms with E-state index in [4.69, 9.17) is 4.42 Å². The van der Waals surface area contributed by atoms with Crippen LogP contribution in [-0.2, 0) is 6.54 Å². The maximum absolute atomic E-state index is 12.8. The first-order valence-corrected chi connectivity index (χ1v) is 8.68. The lowest BCUT2D eigenvalue weighted by atomic mass is 10.1. The van der Waals surface area contributed by atoms with Gasteiger partial charge in [-0.3, -0.25) is 14.6 Å². The summed E-state index contributed by atoms with van der Waals surface area (Å²) in [5.74, 6) is 0. The van der Waals surface area contributed by atoms with Gasteiger partial charge < -0.3 is 9.52 Å². The Morgan fingerprint density at radius 1 is 1.29 bits per heavy atom. The van der Waals surface area contributed by atoms with Crippen LogP contribution in [0.5, 0.6) is 0 Å². The normalized spacial score (nSPS) is 28.4. The summed E-state index contributed by atoms with van der Waals surface area (Å²) in [4.78, 5) is 17.5.